The molecule has 8 heteroatoms. The smallest absolute Gasteiger partial charge is 0.227 e. The number of aryl methyl sites for hydroxylation is 1. The van der Waals surface area contributed by atoms with Gasteiger partial charge in [-0.15, -0.1) is 0 Å². The maximum absolute atomic E-state index is 12.6. The van der Waals surface area contributed by atoms with E-state index in [1.807, 2.05) is 20.2 Å². The summed E-state index contributed by atoms with van der Waals surface area (Å²) in [5.74, 6) is 0.120. The first-order chi connectivity index (χ1) is 13.5. The number of thiocarbonyl (C=S) groups is 1. The van der Waals surface area contributed by atoms with Crippen molar-refractivity contribution in [1.82, 2.24) is 4.90 Å². The van der Waals surface area contributed by atoms with Gasteiger partial charge in [0, 0.05) is 39.7 Å². The first kappa shape index (κ1) is 20.8. The number of fused-ring (bicyclic) bond motifs is 1. The van der Waals surface area contributed by atoms with Gasteiger partial charge < -0.3 is 29.7 Å². The third-order valence-electron chi connectivity index (χ3n) is 5.03. The minimum Gasteiger partial charge on any atom is -0.506 e. The minimum atomic E-state index is -0.178. The van der Waals surface area contributed by atoms with Crippen molar-refractivity contribution >= 4 is 34.6 Å². The van der Waals surface area contributed by atoms with Gasteiger partial charge in [0.25, 0.3) is 0 Å². The number of carbonyl (C=O) groups excluding carboxylic acids is 1. The minimum absolute atomic E-state index is 0.0517. The Bertz CT molecular complexity index is 720. The van der Waals surface area contributed by atoms with E-state index in [0.29, 0.717) is 30.4 Å². The second kappa shape index (κ2) is 9.54. The highest BCUT2D eigenvalue weighted by Crippen LogP contribution is 2.36. The summed E-state index contributed by atoms with van der Waals surface area (Å²) in [5, 5.41) is 14.1. The Kier molecular flexibility index (Phi) is 7.09. The summed E-state index contributed by atoms with van der Waals surface area (Å²) in [4.78, 5) is 16.1. The Balaban J connectivity index is 1.73. The van der Waals surface area contributed by atoms with Crippen molar-refractivity contribution in [2.45, 2.75) is 44.8 Å². The Labute approximate surface area is 171 Å². The number of hydrogen-bond acceptors (Lipinski definition) is 5. The fraction of sp³-hybridized carbons (Fsp3) is 0.600. The van der Waals surface area contributed by atoms with Crippen molar-refractivity contribution in [2.24, 2.45) is 0 Å². The molecule has 0 saturated carbocycles. The lowest BCUT2D eigenvalue weighted by Gasteiger charge is -2.27. The van der Waals surface area contributed by atoms with Gasteiger partial charge in [-0.25, -0.2) is 0 Å². The van der Waals surface area contributed by atoms with E-state index >= 15 is 0 Å². The topological polar surface area (TPSA) is 74.3 Å². The molecule has 0 aromatic heterocycles. The normalized spacial score (nSPS) is 19.7. The van der Waals surface area contributed by atoms with Crippen LogP contribution in [-0.4, -0.2) is 61.2 Å². The van der Waals surface area contributed by atoms with E-state index in [-0.39, 0.29) is 17.9 Å². The molecule has 1 unspecified atom stereocenters. The summed E-state index contributed by atoms with van der Waals surface area (Å²) in [7, 11) is 3.68. The summed E-state index contributed by atoms with van der Waals surface area (Å²) >= 11 is 5.27. The maximum atomic E-state index is 12.6. The number of ether oxygens (including phenoxy) is 2. The van der Waals surface area contributed by atoms with Crippen LogP contribution in [0.25, 0.3) is 0 Å². The van der Waals surface area contributed by atoms with E-state index < -0.39 is 0 Å². The first-order valence-electron chi connectivity index (χ1n) is 9.83. The van der Waals surface area contributed by atoms with Gasteiger partial charge in [0.2, 0.25) is 5.91 Å². The molecule has 1 aromatic rings. The number of aromatic hydroxyl groups is 1. The molecule has 1 saturated heterocycles. The molecule has 1 amide bonds. The van der Waals surface area contributed by atoms with E-state index in [4.69, 9.17) is 21.7 Å². The Morgan fingerprint density at radius 3 is 2.89 bits per heavy atom. The molecule has 7 nitrogen and oxygen atoms in total. The SMILES string of the molecule is CN(C)C(=S)Nc1cc2c(cc1O)N(CCOC1CCCCO1)C(=O)CCC2. The molecule has 0 spiro atoms. The molecule has 2 aliphatic rings. The number of nitrogens with one attached hydrogen (secondary N) is 1. The monoisotopic (exact) mass is 407 g/mol. The molecule has 28 heavy (non-hydrogen) atoms. The molecule has 1 fully saturated rings. The van der Waals surface area contributed by atoms with E-state index in [1.54, 1.807) is 15.9 Å². The van der Waals surface area contributed by atoms with Crippen molar-refractivity contribution in [3.63, 3.8) is 0 Å². The quantitative estimate of drug-likeness (QED) is 0.574. The molecule has 0 radical (unpaired) electrons. The molecule has 2 N–H and O–H groups in total. The molecule has 3 rings (SSSR count). The van der Waals surface area contributed by atoms with Gasteiger partial charge >= 0.3 is 0 Å². The van der Waals surface area contributed by atoms with Gasteiger partial charge in [-0.1, -0.05) is 0 Å². The lowest BCUT2D eigenvalue weighted by Crippen LogP contribution is -2.35. The number of nitrogens with zero attached hydrogens (tertiary/aromatic N) is 2. The zero-order valence-corrected chi connectivity index (χ0v) is 17.4. The molecule has 2 aliphatic heterocycles. The van der Waals surface area contributed by atoms with Crippen molar-refractivity contribution in [1.29, 1.82) is 0 Å². The Morgan fingerprint density at radius 1 is 1.36 bits per heavy atom. The van der Waals surface area contributed by atoms with Gasteiger partial charge in [0.05, 0.1) is 18.0 Å². The summed E-state index contributed by atoms with van der Waals surface area (Å²) in [6.45, 7) is 1.57. The number of rotatable bonds is 5. The summed E-state index contributed by atoms with van der Waals surface area (Å²) in [6, 6.07) is 3.54. The van der Waals surface area contributed by atoms with Crippen LogP contribution in [0.4, 0.5) is 11.4 Å². The number of benzene rings is 1. The summed E-state index contributed by atoms with van der Waals surface area (Å²) < 4.78 is 11.4. The molecule has 0 aliphatic carbocycles. The maximum Gasteiger partial charge on any atom is 0.227 e. The molecule has 154 valence electrons. The molecule has 0 bridgehead atoms. The zero-order chi connectivity index (χ0) is 20.1. The van der Waals surface area contributed by atoms with Crippen LogP contribution < -0.4 is 10.2 Å². The number of carbonyl (C=O) groups is 1. The predicted octanol–water partition coefficient (Wildman–Crippen LogP) is 2.86. The van der Waals surface area contributed by atoms with Gasteiger partial charge in [-0.3, -0.25) is 4.79 Å². The molecule has 1 atom stereocenters. The van der Waals surface area contributed by atoms with Crippen LogP contribution in [0.1, 0.15) is 37.7 Å². The van der Waals surface area contributed by atoms with Gasteiger partial charge in [0.15, 0.2) is 11.4 Å². The third kappa shape index (κ3) is 5.12. The first-order valence-corrected chi connectivity index (χ1v) is 10.2. The standard InChI is InChI=1S/C20H29N3O4S/c1-22(2)20(28)21-15-12-14-6-5-7-18(25)23(16(14)13-17(15)24)9-11-27-19-8-3-4-10-26-19/h12-13,19,24H,3-11H2,1-2H3,(H,21,28). The number of amides is 1. The van der Waals surface area contributed by atoms with Crippen molar-refractivity contribution in [3.8, 4) is 5.75 Å². The Morgan fingerprint density at radius 2 is 2.18 bits per heavy atom. The number of phenolic OH excluding ortho intramolecular Hbond substituents is 1. The van der Waals surface area contributed by atoms with Crippen molar-refractivity contribution < 1.29 is 19.4 Å². The van der Waals surface area contributed by atoms with Crippen molar-refractivity contribution in [2.75, 3.05) is 44.1 Å². The highest BCUT2D eigenvalue weighted by Gasteiger charge is 2.25. The molecular weight excluding hydrogens is 378 g/mol. The number of anilines is 2. The van der Waals surface area contributed by atoms with Crippen molar-refractivity contribution in [3.05, 3.63) is 17.7 Å². The van der Waals surface area contributed by atoms with E-state index in [9.17, 15) is 9.90 Å². The largest absolute Gasteiger partial charge is 0.506 e. The highest BCUT2D eigenvalue weighted by molar-refractivity contribution is 7.80. The van der Waals surface area contributed by atoms with Crippen LogP contribution in [0.2, 0.25) is 0 Å². The number of phenols is 1. The van der Waals surface area contributed by atoms with Crippen LogP contribution in [-0.2, 0) is 20.7 Å². The van der Waals surface area contributed by atoms with E-state index in [1.165, 1.54) is 0 Å². The second-order valence-corrected chi connectivity index (χ2v) is 7.78. The van der Waals surface area contributed by atoms with Gasteiger partial charge in [0.1, 0.15) is 5.75 Å². The lowest BCUT2D eigenvalue weighted by molar-refractivity contribution is -0.161. The predicted molar refractivity (Wildman–Crippen MR) is 113 cm³/mol. The lowest BCUT2D eigenvalue weighted by atomic mass is 10.1. The molecule has 2 heterocycles. The van der Waals surface area contributed by atoms with Crippen LogP contribution in [0, 0.1) is 0 Å². The summed E-state index contributed by atoms with van der Waals surface area (Å²) in [5.41, 5.74) is 2.31. The Hall–Kier alpha value is -1.90. The second-order valence-electron chi connectivity index (χ2n) is 7.39. The fourth-order valence-corrected chi connectivity index (χ4v) is 3.57. The highest BCUT2D eigenvalue weighted by atomic mass is 32.1. The number of hydrogen-bond donors (Lipinski definition) is 2. The molecule has 1 aromatic carbocycles. The van der Waals surface area contributed by atoms with E-state index in [2.05, 4.69) is 5.32 Å². The van der Waals surface area contributed by atoms with Crippen LogP contribution >= 0.6 is 12.2 Å². The van der Waals surface area contributed by atoms with Crippen LogP contribution in [0.15, 0.2) is 12.1 Å². The van der Waals surface area contributed by atoms with Gasteiger partial charge in [-0.2, -0.15) is 0 Å². The fourth-order valence-electron chi connectivity index (χ4n) is 3.46. The van der Waals surface area contributed by atoms with Crippen LogP contribution in [0.5, 0.6) is 5.75 Å². The third-order valence-corrected chi connectivity index (χ3v) is 5.50. The van der Waals surface area contributed by atoms with Gasteiger partial charge in [-0.05, 0) is 56.0 Å². The average molecular weight is 408 g/mol. The average Bonchev–Trinajstić information content (AvgIpc) is 2.82. The molecular formula is C20H29N3O4S. The summed E-state index contributed by atoms with van der Waals surface area (Å²) in [6.07, 6.45) is 4.92. The van der Waals surface area contributed by atoms with E-state index in [0.717, 1.165) is 50.0 Å². The van der Waals surface area contributed by atoms with Crippen LogP contribution in [0.3, 0.4) is 0 Å². The zero-order valence-electron chi connectivity index (χ0n) is 16.6.